The Labute approximate surface area is 206 Å². The number of fused-ring (bicyclic) bond motifs is 2. The third kappa shape index (κ3) is 4.34. The maximum Gasteiger partial charge on any atom is 0.276 e. The third-order valence-corrected chi connectivity index (χ3v) is 7.68. The Morgan fingerprint density at radius 2 is 2.00 bits per heavy atom. The highest BCUT2D eigenvalue weighted by atomic mass is 16.1. The van der Waals surface area contributed by atoms with Crippen LogP contribution in [0.1, 0.15) is 44.2 Å². The molecule has 1 aliphatic carbocycles. The maximum absolute atomic E-state index is 13.9. The first-order valence-corrected chi connectivity index (χ1v) is 12.9. The van der Waals surface area contributed by atoms with E-state index >= 15 is 0 Å². The molecule has 1 saturated heterocycles. The predicted octanol–water partition coefficient (Wildman–Crippen LogP) is 3.88. The van der Waals surface area contributed by atoms with Gasteiger partial charge in [0.25, 0.3) is 5.56 Å². The summed E-state index contributed by atoms with van der Waals surface area (Å²) >= 11 is 0. The van der Waals surface area contributed by atoms with Gasteiger partial charge in [0.15, 0.2) is 6.29 Å². The highest BCUT2D eigenvalue weighted by Gasteiger charge is 2.37. The van der Waals surface area contributed by atoms with Crippen molar-refractivity contribution in [1.82, 2.24) is 14.5 Å². The van der Waals surface area contributed by atoms with Gasteiger partial charge >= 0.3 is 0 Å². The minimum atomic E-state index is -0.0431. The molecule has 3 aliphatic rings. The van der Waals surface area contributed by atoms with Crippen molar-refractivity contribution in [1.29, 1.82) is 0 Å². The molecule has 0 spiro atoms. The molecule has 0 radical (unpaired) electrons. The minimum absolute atomic E-state index is 0.0324. The van der Waals surface area contributed by atoms with Gasteiger partial charge in [0.1, 0.15) is 5.69 Å². The second-order valence-corrected chi connectivity index (χ2v) is 10.1. The molecule has 3 N–H and O–H groups in total. The van der Waals surface area contributed by atoms with E-state index in [0.717, 1.165) is 73.2 Å². The average molecular weight is 471 g/mol. The van der Waals surface area contributed by atoms with Gasteiger partial charge in [0.05, 0.1) is 17.9 Å². The molecule has 2 aromatic heterocycles. The number of aromatic nitrogens is 2. The van der Waals surface area contributed by atoms with Crippen LogP contribution in [0, 0.1) is 0 Å². The van der Waals surface area contributed by atoms with E-state index in [4.69, 9.17) is 5.73 Å². The second-order valence-electron chi connectivity index (χ2n) is 10.1. The topological polar surface area (TPSA) is 79.4 Å². The minimum Gasteiger partial charge on any atom is -0.351 e. The Kier molecular flexibility index (Phi) is 6.04. The number of pyridine rings is 2. The Morgan fingerprint density at radius 3 is 2.86 bits per heavy atom. The molecule has 7 heteroatoms. The summed E-state index contributed by atoms with van der Waals surface area (Å²) in [5.74, 6) is 0. The summed E-state index contributed by atoms with van der Waals surface area (Å²) in [4.78, 5) is 23.3. The monoisotopic (exact) mass is 470 g/mol. The first-order valence-electron chi connectivity index (χ1n) is 12.9. The van der Waals surface area contributed by atoms with Gasteiger partial charge in [-0.1, -0.05) is 35.9 Å². The SMILES string of the molecule is NC1CCCN(C2Nc3ccn(Cc4nccc5ccccc45)c(=O)c3N2CC2=CCCCC2)C1. The molecule has 6 rings (SSSR count). The van der Waals surface area contributed by atoms with E-state index in [2.05, 4.69) is 38.3 Å². The summed E-state index contributed by atoms with van der Waals surface area (Å²) in [7, 11) is 0. The molecular formula is C28H34N6O. The van der Waals surface area contributed by atoms with Crippen molar-refractivity contribution in [3.63, 3.8) is 0 Å². The fourth-order valence-corrected chi connectivity index (χ4v) is 5.87. The highest BCUT2D eigenvalue weighted by Crippen LogP contribution is 2.35. The van der Waals surface area contributed by atoms with Crippen molar-refractivity contribution in [2.45, 2.75) is 57.4 Å². The Morgan fingerprint density at radius 1 is 1.09 bits per heavy atom. The zero-order valence-electron chi connectivity index (χ0n) is 20.2. The number of nitrogens with zero attached hydrogens (tertiary/aromatic N) is 4. The molecule has 2 atom stereocenters. The molecule has 182 valence electrons. The van der Waals surface area contributed by atoms with Crippen molar-refractivity contribution >= 4 is 22.1 Å². The average Bonchev–Trinajstić information content (AvgIpc) is 3.25. The molecular weight excluding hydrogens is 436 g/mol. The zero-order valence-corrected chi connectivity index (χ0v) is 20.2. The van der Waals surface area contributed by atoms with Gasteiger partial charge in [-0.2, -0.15) is 0 Å². The molecule has 2 aliphatic heterocycles. The quantitative estimate of drug-likeness (QED) is 0.551. The van der Waals surface area contributed by atoms with Crippen LogP contribution in [0.25, 0.3) is 10.8 Å². The zero-order chi connectivity index (χ0) is 23.8. The van der Waals surface area contributed by atoms with Gasteiger partial charge in [-0.3, -0.25) is 14.7 Å². The number of rotatable bonds is 5. The van der Waals surface area contributed by atoms with Gasteiger partial charge in [-0.15, -0.1) is 0 Å². The molecule has 1 fully saturated rings. The smallest absolute Gasteiger partial charge is 0.276 e. The molecule has 3 aromatic rings. The van der Waals surface area contributed by atoms with E-state index in [9.17, 15) is 4.79 Å². The largest absolute Gasteiger partial charge is 0.351 e. The lowest BCUT2D eigenvalue weighted by atomic mass is 9.99. The van der Waals surface area contributed by atoms with Gasteiger partial charge in [-0.05, 0) is 56.0 Å². The van der Waals surface area contributed by atoms with Crippen LogP contribution in [0.3, 0.4) is 0 Å². The molecule has 2 unspecified atom stereocenters. The van der Waals surface area contributed by atoms with Crippen molar-refractivity contribution in [3.8, 4) is 0 Å². The standard InChI is InChI=1S/C28H34N6O/c29-22-10-6-15-33(18-22)28-31-24-13-16-32(19-25-23-11-5-4-9-21(23)12-14-30-25)27(35)26(24)34(28)17-20-7-2-1-3-8-20/h4-5,7,9,11-14,16,22,28,31H,1-3,6,8,10,15,17-19,29H2. The van der Waals surface area contributed by atoms with Crippen LogP contribution in [-0.2, 0) is 6.54 Å². The number of benzene rings is 1. The number of nitrogens with one attached hydrogen (secondary N) is 1. The summed E-state index contributed by atoms with van der Waals surface area (Å²) in [6.45, 7) is 3.06. The van der Waals surface area contributed by atoms with Gasteiger partial charge in [0.2, 0.25) is 0 Å². The Balaban J connectivity index is 1.37. The van der Waals surface area contributed by atoms with E-state index in [-0.39, 0.29) is 17.9 Å². The number of piperidine rings is 1. The molecule has 35 heavy (non-hydrogen) atoms. The molecule has 4 heterocycles. The first-order chi connectivity index (χ1) is 17.2. The third-order valence-electron chi connectivity index (χ3n) is 7.68. The maximum atomic E-state index is 13.9. The number of allylic oxidation sites excluding steroid dienone is 1. The fourth-order valence-electron chi connectivity index (χ4n) is 5.87. The Bertz CT molecular complexity index is 1310. The lowest BCUT2D eigenvalue weighted by Crippen LogP contribution is -2.56. The lowest BCUT2D eigenvalue weighted by Gasteiger charge is -2.40. The normalized spacial score (nSPS) is 22.7. The van der Waals surface area contributed by atoms with Crippen molar-refractivity contribution in [2.75, 3.05) is 29.9 Å². The van der Waals surface area contributed by atoms with E-state index in [1.54, 1.807) is 0 Å². The fraction of sp³-hybridized carbons (Fsp3) is 0.429. The van der Waals surface area contributed by atoms with Crippen molar-refractivity contribution in [3.05, 3.63) is 76.5 Å². The summed E-state index contributed by atoms with van der Waals surface area (Å²) in [5.41, 5.74) is 10.4. The van der Waals surface area contributed by atoms with Gasteiger partial charge < -0.3 is 20.5 Å². The highest BCUT2D eigenvalue weighted by molar-refractivity contribution is 5.84. The summed E-state index contributed by atoms with van der Waals surface area (Å²) < 4.78 is 1.81. The first kappa shape index (κ1) is 22.3. The number of nitrogens with two attached hydrogens (primary N) is 1. The van der Waals surface area contributed by atoms with E-state index in [1.165, 1.54) is 18.4 Å². The molecule has 1 aromatic carbocycles. The number of anilines is 2. The summed E-state index contributed by atoms with van der Waals surface area (Å²) in [6.07, 6.45) is 12.9. The van der Waals surface area contributed by atoms with E-state index in [1.807, 2.05) is 41.2 Å². The van der Waals surface area contributed by atoms with Crippen LogP contribution in [0.15, 0.2) is 65.2 Å². The number of hydrogen-bond acceptors (Lipinski definition) is 6. The van der Waals surface area contributed by atoms with Gasteiger partial charge in [-0.25, -0.2) is 0 Å². The van der Waals surface area contributed by atoms with Crippen LogP contribution in [0.2, 0.25) is 0 Å². The van der Waals surface area contributed by atoms with Gasteiger partial charge in [0, 0.05) is 43.5 Å². The second kappa shape index (κ2) is 9.47. The van der Waals surface area contributed by atoms with E-state index in [0.29, 0.717) is 6.54 Å². The molecule has 7 nitrogen and oxygen atoms in total. The Hall–Kier alpha value is -3.16. The van der Waals surface area contributed by atoms with Crippen LogP contribution < -0.4 is 21.5 Å². The summed E-state index contributed by atoms with van der Waals surface area (Å²) in [5, 5.41) is 5.89. The molecule has 0 amide bonds. The number of likely N-dealkylation sites (tertiary alicyclic amines) is 1. The lowest BCUT2D eigenvalue weighted by molar-refractivity contribution is 0.164. The van der Waals surface area contributed by atoms with Crippen molar-refractivity contribution in [2.24, 2.45) is 5.73 Å². The van der Waals surface area contributed by atoms with Crippen LogP contribution in [0.5, 0.6) is 0 Å². The van der Waals surface area contributed by atoms with Crippen LogP contribution in [-0.4, -0.2) is 46.4 Å². The number of hydrogen-bond donors (Lipinski definition) is 2. The molecule has 0 saturated carbocycles. The molecule has 0 bridgehead atoms. The van der Waals surface area contributed by atoms with E-state index < -0.39 is 0 Å². The van der Waals surface area contributed by atoms with Crippen LogP contribution >= 0.6 is 0 Å². The predicted molar refractivity (Wildman–Crippen MR) is 142 cm³/mol. The summed E-state index contributed by atoms with van der Waals surface area (Å²) in [6, 6.07) is 12.5. The van der Waals surface area contributed by atoms with Crippen molar-refractivity contribution < 1.29 is 0 Å². The van der Waals surface area contributed by atoms with Crippen LogP contribution in [0.4, 0.5) is 11.4 Å².